The Labute approximate surface area is 98.4 Å². The van der Waals surface area contributed by atoms with Gasteiger partial charge in [-0.15, -0.1) is 0 Å². The largest absolute Gasteiger partial charge is 0.331 e. The molecule has 1 aromatic heterocycles. The number of rotatable bonds is 3. The Morgan fingerprint density at radius 1 is 1.40 bits per heavy atom. The SMILES string of the molecule is CCCCc1nc2ccc(Br)cc2n1C. The number of nitrogens with zero attached hydrogens (tertiary/aromatic N) is 2. The van der Waals surface area contributed by atoms with Crippen LogP contribution < -0.4 is 0 Å². The van der Waals surface area contributed by atoms with Crippen LogP contribution in [0.15, 0.2) is 22.7 Å². The number of aromatic nitrogens is 2. The van der Waals surface area contributed by atoms with Crippen molar-refractivity contribution < 1.29 is 0 Å². The molecular weight excluding hydrogens is 252 g/mol. The Balaban J connectivity index is 2.45. The van der Waals surface area contributed by atoms with Gasteiger partial charge in [0.05, 0.1) is 11.0 Å². The highest BCUT2D eigenvalue weighted by atomic mass is 79.9. The van der Waals surface area contributed by atoms with Gasteiger partial charge in [0.2, 0.25) is 0 Å². The lowest BCUT2D eigenvalue weighted by atomic mass is 10.2. The molecule has 0 atom stereocenters. The number of fused-ring (bicyclic) bond motifs is 1. The molecule has 0 fully saturated rings. The molecule has 0 unspecified atom stereocenters. The maximum Gasteiger partial charge on any atom is 0.109 e. The van der Waals surface area contributed by atoms with Gasteiger partial charge < -0.3 is 4.57 Å². The van der Waals surface area contributed by atoms with E-state index in [0.717, 1.165) is 16.4 Å². The van der Waals surface area contributed by atoms with Crippen LogP contribution in [-0.4, -0.2) is 9.55 Å². The summed E-state index contributed by atoms with van der Waals surface area (Å²) in [7, 11) is 2.09. The third kappa shape index (κ3) is 2.07. The first-order valence-corrected chi connectivity index (χ1v) is 6.12. The number of unbranched alkanes of at least 4 members (excludes halogenated alkanes) is 1. The number of hydrogen-bond donors (Lipinski definition) is 0. The highest BCUT2D eigenvalue weighted by Gasteiger charge is 2.06. The number of benzene rings is 1. The van der Waals surface area contributed by atoms with Gasteiger partial charge in [0, 0.05) is 17.9 Å². The Morgan fingerprint density at radius 3 is 2.93 bits per heavy atom. The lowest BCUT2D eigenvalue weighted by molar-refractivity contribution is 0.720. The second-order valence-electron chi connectivity index (χ2n) is 3.82. The second kappa shape index (κ2) is 4.35. The Kier molecular flexibility index (Phi) is 3.10. The molecule has 0 saturated heterocycles. The highest BCUT2D eigenvalue weighted by Crippen LogP contribution is 2.20. The van der Waals surface area contributed by atoms with E-state index >= 15 is 0 Å². The van der Waals surface area contributed by atoms with Crippen LogP contribution >= 0.6 is 15.9 Å². The number of imidazole rings is 1. The summed E-state index contributed by atoms with van der Waals surface area (Å²) in [6.07, 6.45) is 3.49. The van der Waals surface area contributed by atoms with Crippen LogP contribution in [0.3, 0.4) is 0 Å². The van der Waals surface area contributed by atoms with E-state index in [-0.39, 0.29) is 0 Å². The van der Waals surface area contributed by atoms with Crippen molar-refractivity contribution in [3.05, 3.63) is 28.5 Å². The first-order valence-electron chi connectivity index (χ1n) is 5.33. The molecular formula is C12H15BrN2. The predicted octanol–water partition coefficient (Wildman–Crippen LogP) is 3.68. The number of aryl methyl sites for hydroxylation is 2. The summed E-state index contributed by atoms with van der Waals surface area (Å²) in [5.41, 5.74) is 2.29. The molecule has 1 aromatic carbocycles. The van der Waals surface area contributed by atoms with Crippen LogP contribution in [0.2, 0.25) is 0 Å². The minimum absolute atomic E-state index is 1.07. The molecule has 0 radical (unpaired) electrons. The molecule has 0 saturated carbocycles. The van der Waals surface area contributed by atoms with E-state index in [4.69, 9.17) is 0 Å². The zero-order valence-electron chi connectivity index (χ0n) is 9.13. The molecule has 80 valence electrons. The normalized spacial score (nSPS) is 11.1. The molecule has 0 aliphatic rings. The molecule has 0 spiro atoms. The van der Waals surface area contributed by atoms with E-state index in [0.29, 0.717) is 0 Å². The lowest BCUT2D eigenvalue weighted by Gasteiger charge is -2.00. The summed E-state index contributed by atoms with van der Waals surface area (Å²) in [5.74, 6) is 1.19. The van der Waals surface area contributed by atoms with E-state index < -0.39 is 0 Å². The van der Waals surface area contributed by atoms with Crippen molar-refractivity contribution in [1.29, 1.82) is 0 Å². The molecule has 1 heterocycles. The van der Waals surface area contributed by atoms with Gasteiger partial charge in [0.25, 0.3) is 0 Å². The van der Waals surface area contributed by atoms with Crippen molar-refractivity contribution >= 4 is 27.0 Å². The highest BCUT2D eigenvalue weighted by molar-refractivity contribution is 9.10. The van der Waals surface area contributed by atoms with E-state index in [2.05, 4.69) is 51.6 Å². The zero-order chi connectivity index (χ0) is 10.8. The fraction of sp³-hybridized carbons (Fsp3) is 0.417. The summed E-state index contributed by atoms with van der Waals surface area (Å²) in [4.78, 5) is 4.63. The number of halogens is 1. The molecule has 0 aliphatic carbocycles. The standard InChI is InChI=1S/C12H15BrN2/c1-3-4-5-12-14-10-7-6-9(13)8-11(10)15(12)2/h6-8H,3-5H2,1-2H3. The summed E-state index contributed by atoms with van der Waals surface area (Å²) in [6.45, 7) is 2.21. The Hall–Kier alpha value is -0.830. The molecule has 0 aliphatic heterocycles. The molecule has 0 bridgehead atoms. The fourth-order valence-electron chi connectivity index (χ4n) is 1.77. The molecule has 15 heavy (non-hydrogen) atoms. The minimum atomic E-state index is 1.07. The van der Waals surface area contributed by atoms with Crippen molar-refractivity contribution in [3.63, 3.8) is 0 Å². The van der Waals surface area contributed by atoms with Gasteiger partial charge >= 0.3 is 0 Å². The van der Waals surface area contributed by atoms with Crippen LogP contribution in [0.4, 0.5) is 0 Å². The molecule has 0 amide bonds. The Morgan fingerprint density at radius 2 is 2.20 bits per heavy atom. The first kappa shape index (κ1) is 10.7. The van der Waals surface area contributed by atoms with E-state index in [1.165, 1.54) is 24.2 Å². The average molecular weight is 267 g/mol. The van der Waals surface area contributed by atoms with Gasteiger partial charge in [0.15, 0.2) is 0 Å². The van der Waals surface area contributed by atoms with Crippen molar-refractivity contribution in [3.8, 4) is 0 Å². The van der Waals surface area contributed by atoms with E-state index in [1.807, 2.05) is 6.07 Å². The summed E-state index contributed by atoms with van der Waals surface area (Å²) < 4.78 is 3.30. The average Bonchev–Trinajstić information content (AvgIpc) is 2.53. The maximum absolute atomic E-state index is 4.63. The predicted molar refractivity (Wildman–Crippen MR) is 67.0 cm³/mol. The van der Waals surface area contributed by atoms with Crippen molar-refractivity contribution in [2.75, 3.05) is 0 Å². The summed E-state index contributed by atoms with van der Waals surface area (Å²) in [5, 5.41) is 0. The third-order valence-corrected chi connectivity index (χ3v) is 3.18. The van der Waals surface area contributed by atoms with Crippen molar-refractivity contribution in [2.24, 2.45) is 7.05 Å². The third-order valence-electron chi connectivity index (χ3n) is 2.69. The zero-order valence-corrected chi connectivity index (χ0v) is 10.7. The first-order chi connectivity index (χ1) is 7.22. The molecule has 2 aromatic rings. The second-order valence-corrected chi connectivity index (χ2v) is 4.74. The van der Waals surface area contributed by atoms with Crippen molar-refractivity contribution in [1.82, 2.24) is 9.55 Å². The lowest BCUT2D eigenvalue weighted by Crippen LogP contribution is -1.97. The van der Waals surface area contributed by atoms with E-state index in [1.54, 1.807) is 0 Å². The minimum Gasteiger partial charge on any atom is -0.331 e. The van der Waals surface area contributed by atoms with Gasteiger partial charge in [-0.2, -0.15) is 0 Å². The quantitative estimate of drug-likeness (QED) is 0.829. The van der Waals surface area contributed by atoms with Crippen molar-refractivity contribution in [2.45, 2.75) is 26.2 Å². The topological polar surface area (TPSA) is 17.8 Å². The van der Waals surface area contributed by atoms with Crippen LogP contribution in [0.25, 0.3) is 11.0 Å². The summed E-state index contributed by atoms with van der Waals surface area (Å²) >= 11 is 3.49. The number of hydrogen-bond acceptors (Lipinski definition) is 1. The van der Waals surface area contributed by atoms with Crippen LogP contribution in [-0.2, 0) is 13.5 Å². The van der Waals surface area contributed by atoms with Crippen LogP contribution in [0.1, 0.15) is 25.6 Å². The van der Waals surface area contributed by atoms with Gasteiger partial charge in [-0.3, -0.25) is 0 Å². The monoisotopic (exact) mass is 266 g/mol. The van der Waals surface area contributed by atoms with Crippen LogP contribution in [0.5, 0.6) is 0 Å². The van der Waals surface area contributed by atoms with Gasteiger partial charge in [-0.25, -0.2) is 4.98 Å². The smallest absolute Gasteiger partial charge is 0.109 e. The van der Waals surface area contributed by atoms with Gasteiger partial charge in [-0.05, 0) is 24.6 Å². The van der Waals surface area contributed by atoms with Crippen LogP contribution in [0, 0.1) is 0 Å². The Bertz CT molecular complexity index is 474. The van der Waals surface area contributed by atoms with E-state index in [9.17, 15) is 0 Å². The molecule has 2 nitrogen and oxygen atoms in total. The maximum atomic E-state index is 4.63. The van der Waals surface area contributed by atoms with Gasteiger partial charge in [-0.1, -0.05) is 29.3 Å². The molecule has 2 rings (SSSR count). The molecule has 3 heteroatoms. The fourth-order valence-corrected chi connectivity index (χ4v) is 2.12. The summed E-state index contributed by atoms with van der Waals surface area (Å²) in [6, 6.07) is 6.23. The van der Waals surface area contributed by atoms with Gasteiger partial charge in [0.1, 0.15) is 5.82 Å². The molecule has 0 N–H and O–H groups in total.